The van der Waals surface area contributed by atoms with E-state index in [2.05, 4.69) is 0 Å². The van der Waals surface area contributed by atoms with Crippen LogP contribution in [0.2, 0.25) is 0 Å². The van der Waals surface area contributed by atoms with Gasteiger partial charge in [0.2, 0.25) is 0 Å². The predicted molar refractivity (Wildman–Crippen MR) is 72.1 cm³/mol. The van der Waals surface area contributed by atoms with E-state index in [-0.39, 0.29) is 11.5 Å². The molecule has 8 heteroatoms. The number of sulfonamides is 1. The highest BCUT2D eigenvalue weighted by atomic mass is 32.2. The zero-order valence-corrected chi connectivity index (χ0v) is 12.0. The molecule has 0 fully saturated rings. The fourth-order valence-corrected chi connectivity index (χ4v) is 4.23. The Morgan fingerprint density at radius 2 is 1.90 bits per heavy atom. The van der Waals surface area contributed by atoms with Crippen LogP contribution in [0.25, 0.3) is 0 Å². The lowest BCUT2D eigenvalue weighted by atomic mass is 10.3. The molecule has 108 valence electrons. The molecule has 2 rings (SSSR count). The van der Waals surface area contributed by atoms with E-state index in [4.69, 9.17) is 5.11 Å². The summed E-state index contributed by atoms with van der Waals surface area (Å²) in [6, 6.07) is 4.34. The number of aryl methyl sites for hydroxylation is 1. The molecular weight excluding hydrogens is 308 g/mol. The molecule has 0 saturated heterocycles. The van der Waals surface area contributed by atoms with E-state index in [9.17, 15) is 17.2 Å². The minimum Gasteiger partial charge on any atom is -0.391 e. The van der Waals surface area contributed by atoms with Crippen LogP contribution < -0.4 is 4.72 Å². The zero-order chi connectivity index (χ0) is 14.9. The second-order valence-corrected chi connectivity index (χ2v) is 6.99. The summed E-state index contributed by atoms with van der Waals surface area (Å²) in [5.41, 5.74) is -0.719. The number of aliphatic hydroxyl groups excluding tert-OH is 1. The third-order valence-electron chi connectivity index (χ3n) is 2.57. The van der Waals surface area contributed by atoms with Gasteiger partial charge < -0.3 is 5.11 Å². The highest BCUT2D eigenvalue weighted by Crippen LogP contribution is 2.28. The largest absolute Gasteiger partial charge is 0.391 e. The molecule has 4 nitrogen and oxygen atoms in total. The monoisotopic (exact) mass is 319 g/mol. The van der Waals surface area contributed by atoms with Crippen LogP contribution >= 0.6 is 11.3 Å². The number of benzene rings is 1. The van der Waals surface area contributed by atoms with Crippen molar-refractivity contribution in [1.82, 2.24) is 0 Å². The highest BCUT2D eigenvalue weighted by Gasteiger charge is 2.22. The number of aliphatic hydroxyl groups is 1. The minimum absolute atomic E-state index is 0.103. The molecule has 0 aliphatic carbocycles. The summed E-state index contributed by atoms with van der Waals surface area (Å²) in [5, 5.41) is 8.99. The van der Waals surface area contributed by atoms with Crippen molar-refractivity contribution in [2.45, 2.75) is 18.4 Å². The second kappa shape index (κ2) is 5.47. The van der Waals surface area contributed by atoms with Crippen molar-refractivity contribution >= 4 is 27.0 Å². The van der Waals surface area contributed by atoms with Crippen molar-refractivity contribution in [2.24, 2.45) is 0 Å². The lowest BCUT2D eigenvalue weighted by Crippen LogP contribution is -2.15. The van der Waals surface area contributed by atoms with Crippen LogP contribution in [0.15, 0.2) is 29.2 Å². The first-order chi connectivity index (χ1) is 9.35. The topological polar surface area (TPSA) is 66.4 Å². The van der Waals surface area contributed by atoms with E-state index in [1.807, 2.05) is 4.72 Å². The Hall–Kier alpha value is -1.51. The van der Waals surface area contributed by atoms with Crippen LogP contribution in [0.3, 0.4) is 0 Å². The maximum absolute atomic E-state index is 13.5. The molecule has 0 radical (unpaired) electrons. The van der Waals surface area contributed by atoms with Crippen LogP contribution in [0.5, 0.6) is 0 Å². The lowest BCUT2D eigenvalue weighted by molar-refractivity contribution is 0.285. The summed E-state index contributed by atoms with van der Waals surface area (Å²) in [4.78, 5) is 0.782. The summed E-state index contributed by atoms with van der Waals surface area (Å²) in [6.07, 6.45) is 0. The number of hydrogen-bond acceptors (Lipinski definition) is 4. The van der Waals surface area contributed by atoms with Gasteiger partial charge in [-0.25, -0.2) is 17.2 Å². The van der Waals surface area contributed by atoms with Gasteiger partial charge >= 0.3 is 0 Å². The van der Waals surface area contributed by atoms with Gasteiger partial charge in [-0.3, -0.25) is 4.72 Å². The summed E-state index contributed by atoms with van der Waals surface area (Å²) < 4.78 is 53.1. The zero-order valence-electron chi connectivity index (χ0n) is 10.4. The van der Waals surface area contributed by atoms with Gasteiger partial charge in [-0.1, -0.05) is 6.07 Å². The number of nitrogens with one attached hydrogen (secondary N) is 1. The molecule has 0 spiro atoms. The molecular formula is C12H11F2NO3S2. The lowest BCUT2D eigenvalue weighted by Gasteiger charge is -2.09. The van der Waals surface area contributed by atoms with E-state index in [1.54, 1.807) is 6.92 Å². The van der Waals surface area contributed by atoms with Gasteiger partial charge in [0.25, 0.3) is 10.0 Å². The molecule has 0 amide bonds. The smallest absolute Gasteiger partial charge is 0.263 e. The fourth-order valence-electron chi connectivity index (χ4n) is 1.65. The van der Waals surface area contributed by atoms with Gasteiger partial charge in [0, 0.05) is 9.75 Å². The van der Waals surface area contributed by atoms with Gasteiger partial charge in [0.1, 0.15) is 22.2 Å². The molecule has 0 aliphatic heterocycles. The van der Waals surface area contributed by atoms with Crippen LogP contribution in [-0.4, -0.2) is 13.5 Å². The number of thiophene rings is 1. The van der Waals surface area contributed by atoms with Crippen molar-refractivity contribution in [2.75, 3.05) is 4.72 Å². The van der Waals surface area contributed by atoms with Crippen LogP contribution in [-0.2, 0) is 16.6 Å². The Morgan fingerprint density at radius 1 is 1.30 bits per heavy atom. The van der Waals surface area contributed by atoms with Crippen molar-refractivity contribution in [3.8, 4) is 0 Å². The van der Waals surface area contributed by atoms with Crippen LogP contribution in [0.1, 0.15) is 9.75 Å². The molecule has 1 heterocycles. The Morgan fingerprint density at radius 3 is 2.40 bits per heavy atom. The molecule has 2 N–H and O–H groups in total. The van der Waals surface area contributed by atoms with Gasteiger partial charge in [0.05, 0.1) is 6.61 Å². The Labute approximate surface area is 118 Å². The average Bonchev–Trinajstić information content (AvgIpc) is 2.76. The van der Waals surface area contributed by atoms with Gasteiger partial charge in [0.15, 0.2) is 0 Å². The standard InChI is InChI=1S/C12H11F2NO3S2/c1-7-11(5-8(6-16)19-7)20(17,18)15-12-9(13)3-2-4-10(12)14/h2-5,15-16H,6H2,1H3. The molecule has 0 unspecified atom stereocenters. The molecule has 0 atom stereocenters. The Kier molecular flexibility index (Phi) is 4.07. The van der Waals surface area contributed by atoms with Crippen LogP contribution in [0, 0.1) is 18.6 Å². The summed E-state index contributed by atoms with van der Waals surface area (Å²) in [7, 11) is -4.11. The quantitative estimate of drug-likeness (QED) is 0.910. The molecule has 1 aromatic carbocycles. The summed E-state index contributed by atoms with van der Waals surface area (Å²) >= 11 is 1.10. The number of para-hydroxylation sites is 1. The van der Waals surface area contributed by atoms with E-state index < -0.39 is 27.3 Å². The molecule has 0 bridgehead atoms. The first kappa shape index (κ1) is 14.9. The maximum atomic E-state index is 13.5. The molecule has 20 heavy (non-hydrogen) atoms. The van der Waals surface area contributed by atoms with Gasteiger partial charge in [-0.2, -0.15) is 0 Å². The average molecular weight is 319 g/mol. The molecule has 0 aliphatic rings. The van der Waals surface area contributed by atoms with Crippen molar-refractivity contribution in [3.05, 3.63) is 45.7 Å². The maximum Gasteiger partial charge on any atom is 0.263 e. The van der Waals surface area contributed by atoms with Gasteiger partial charge in [-0.05, 0) is 25.1 Å². The van der Waals surface area contributed by atoms with Crippen molar-refractivity contribution in [1.29, 1.82) is 0 Å². The number of rotatable bonds is 4. The normalized spacial score (nSPS) is 11.6. The van der Waals surface area contributed by atoms with Crippen molar-refractivity contribution < 1.29 is 22.3 Å². The molecule has 1 aromatic heterocycles. The third-order valence-corrected chi connectivity index (χ3v) is 5.21. The van der Waals surface area contributed by atoms with E-state index >= 15 is 0 Å². The fraction of sp³-hybridized carbons (Fsp3) is 0.167. The van der Waals surface area contributed by atoms with Crippen LogP contribution in [0.4, 0.5) is 14.5 Å². The second-order valence-electron chi connectivity index (χ2n) is 3.99. The highest BCUT2D eigenvalue weighted by molar-refractivity contribution is 7.93. The number of hydrogen-bond donors (Lipinski definition) is 2. The number of halogens is 2. The molecule has 2 aromatic rings. The van der Waals surface area contributed by atoms with E-state index in [0.29, 0.717) is 9.75 Å². The third kappa shape index (κ3) is 2.82. The first-order valence-electron chi connectivity index (χ1n) is 5.52. The minimum atomic E-state index is -4.11. The number of anilines is 1. The SMILES string of the molecule is Cc1sc(CO)cc1S(=O)(=O)Nc1c(F)cccc1F. The Balaban J connectivity index is 2.43. The van der Waals surface area contributed by atoms with E-state index in [0.717, 1.165) is 29.5 Å². The first-order valence-corrected chi connectivity index (χ1v) is 7.82. The summed E-state index contributed by atoms with van der Waals surface area (Å²) in [6.45, 7) is 1.26. The van der Waals surface area contributed by atoms with Crippen molar-refractivity contribution in [3.63, 3.8) is 0 Å². The molecule has 0 saturated carbocycles. The summed E-state index contributed by atoms with van der Waals surface area (Å²) in [5.74, 6) is -1.99. The van der Waals surface area contributed by atoms with Gasteiger partial charge in [-0.15, -0.1) is 11.3 Å². The predicted octanol–water partition coefficient (Wildman–Crippen LogP) is 2.63. The Bertz CT molecular complexity index is 721. The van der Waals surface area contributed by atoms with E-state index in [1.165, 1.54) is 6.07 Å².